The molecule has 0 bridgehead atoms. The van der Waals surface area contributed by atoms with Gasteiger partial charge in [-0.25, -0.2) is 0 Å². The first-order chi connectivity index (χ1) is 5.24. The Morgan fingerprint density at radius 3 is 3.00 bits per heavy atom. The monoisotopic (exact) mass is 154 g/mol. The summed E-state index contributed by atoms with van der Waals surface area (Å²) in [6, 6.07) is 0. The van der Waals surface area contributed by atoms with Crippen LogP contribution >= 0.6 is 0 Å². The Morgan fingerprint density at radius 2 is 2.45 bits per heavy atom. The van der Waals surface area contributed by atoms with Crippen molar-refractivity contribution in [3.63, 3.8) is 0 Å². The molecule has 1 rings (SSSR count). The summed E-state index contributed by atoms with van der Waals surface area (Å²) in [6.07, 6.45) is 3.71. The summed E-state index contributed by atoms with van der Waals surface area (Å²) in [7, 11) is 0. The molecule has 3 N–H and O–H groups in total. The highest BCUT2D eigenvalue weighted by Crippen LogP contribution is 2.09. The first-order valence-corrected chi connectivity index (χ1v) is 3.78. The lowest BCUT2D eigenvalue weighted by atomic mass is 10.2. The fourth-order valence-electron chi connectivity index (χ4n) is 0.997. The van der Waals surface area contributed by atoms with E-state index in [1.165, 1.54) is 0 Å². The molecular formula is C8H14N2O. The van der Waals surface area contributed by atoms with Gasteiger partial charge in [0.15, 0.2) is 0 Å². The minimum Gasteiger partial charge on any atom is -0.492 e. The number of ether oxygens (including phenoxy) is 1. The second-order valence-electron chi connectivity index (χ2n) is 2.45. The summed E-state index contributed by atoms with van der Waals surface area (Å²) in [5, 5.41) is 3.06. The van der Waals surface area contributed by atoms with Gasteiger partial charge in [-0.05, 0) is 26.0 Å². The molecule has 11 heavy (non-hydrogen) atoms. The Labute approximate surface area is 66.9 Å². The molecular weight excluding hydrogens is 140 g/mol. The molecule has 1 heterocycles. The van der Waals surface area contributed by atoms with E-state index in [2.05, 4.69) is 5.32 Å². The van der Waals surface area contributed by atoms with E-state index in [9.17, 15) is 0 Å². The van der Waals surface area contributed by atoms with Crippen molar-refractivity contribution >= 4 is 0 Å². The van der Waals surface area contributed by atoms with Crippen molar-refractivity contribution in [2.24, 2.45) is 5.73 Å². The molecule has 0 amide bonds. The van der Waals surface area contributed by atoms with Crippen LogP contribution in [0.1, 0.15) is 13.8 Å². The highest BCUT2D eigenvalue weighted by molar-refractivity contribution is 5.24. The number of rotatable bonds is 2. The van der Waals surface area contributed by atoms with Crippen LogP contribution in [0.15, 0.2) is 23.6 Å². The lowest BCUT2D eigenvalue weighted by Gasteiger charge is -2.19. The van der Waals surface area contributed by atoms with Crippen LogP contribution < -0.4 is 11.1 Å². The van der Waals surface area contributed by atoms with E-state index >= 15 is 0 Å². The SMILES string of the molecule is CCOC1=C(C)NC(N)C=C1. The molecule has 62 valence electrons. The smallest absolute Gasteiger partial charge is 0.137 e. The maximum atomic E-state index is 5.60. The van der Waals surface area contributed by atoms with Gasteiger partial charge >= 0.3 is 0 Å². The van der Waals surface area contributed by atoms with Crippen LogP contribution in [0.5, 0.6) is 0 Å². The first kappa shape index (κ1) is 8.14. The Bertz CT molecular complexity index is 196. The molecule has 1 aliphatic rings. The van der Waals surface area contributed by atoms with Gasteiger partial charge in [0.1, 0.15) is 5.76 Å². The highest BCUT2D eigenvalue weighted by atomic mass is 16.5. The number of allylic oxidation sites excluding steroid dienone is 2. The van der Waals surface area contributed by atoms with Crippen LogP contribution in [0.3, 0.4) is 0 Å². The van der Waals surface area contributed by atoms with Crippen LogP contribution in [0.25, 0.3) is 0 Å². The fourth-order valence-corrected chi connectivity index (χ4v) is 0.997. The Kier molecular flexibility index (Phi) is 2.54. The third-order valence-corrected chi connectivity index (χ3v) is 1.51. The molecule has 0 aromatic carbocycles. The highest BCUT2D eigenvalue weighted by Gasteiger charge is 2.07. The molecule has 0 aromatic heterocycles. The van der Waals surface area contributed by atoms with Gasteiger partial charge in [-0.1, -0.05) is 0 Å². The molecule has 0 spiro atoms. The number of nitrogens with one attached hydrogen (secondary N) is 1. The number of dihydropyridines is 1. The van der Waals surface area contributed by atoms with Gasteiger partial charge in [0.2, 0.25) is 0 Å². The Morgan fingerprint density at radius 1 is 1.73 bits per heavy atom. The quantitative estimate of drug-likeness (QED) is 0.615. The van der Waals surface area contributed by atoms with Crippen molar-refractivity contribution in [2.75, 3.05) is 6.61 Å². The second-order valence-corrected chi connectivity index (χ2v) is 2.45. The molecule has 0 aliphatic carbocycles. The Hall–Kier alpha value is -0.960. The van der Waals surface area contributed by atoms with Gasteiger partial charge in [0.25, 0.3) is 0 Å². The lowest BCUT2D eigenvalue weighted by molar-refractivity contribution is 0.234. The summed E-state index contributed by atoms with van der Waals surface area (Å²) in [6.45, 7) is 4.60. The molecule has 1 atom stereocenters. The van der Waals surface area contributed by atoms with E-state index < -0.39 is 0 Å². The molecule has 0 saturated heterocycles. The summed E-state index contributed by atoms with van der Waals surface area (Å²) in [5.74, 6) is 0.884. The summed E-state index contributed by atoms with van der Waals surface area (Å²) in [5.41, 5.74) is 6.60. The summed E-state index contributed by atoms with van der Waals surface area (Å²) in [4.78, 5) is 0. The van der Waals surface area contributed by atoms with Crippen molar-refractivity contribution < 1.29 is 4.74 Å². The third kappa shape index (κ3) is 1.98. The summed E-state index contributed by atoms with van der Waals surface area (Å²) < 4.78 is 5.32. The topological polar surface area (TPSA) is 47.3 Å². The van der Waals surface area contributed by atoms with Crippen LogP contribution in [-0.2, 0) is 4.74 Å². The van der Waals surface area contributed by atoms with Gasteiger partial charge in [-0.3, -0.25) is 0 Å². The predicted molar refractivity (Wildman–Crippen MR) is 44.6 cm³/mol. The van der Waals surface area contributed by atoms with Crippen LogP contribution in [0.4, 0.5) is 0 Å². The van der Waals surface area contributed by atoms with Gasteiger partial charge in [-0.2, -0.15) is 0 Å². The normalized spacial score (nSPS) is 23.4. The molecule has 3 heteroatoms. The zero-order valence-electron chi connectivity index (χ0n) is 6.92. The van der Waals surface area contributed by atoms with E-state index in [1.807, 2.05) is 26.0 Å². The van der Waals surface area contributed by atoms with Crippen LogP contribution in [0.2, 0.25) is 0 Å². The maximum Gasteiger partial charge on any atom is 0.137 e. The van der Waals surface area contributed by atoms with Gasteiger partial charge in [0, 0.05) is 0 Å². The van der Waals surface area contributed by atoms with Crippen molar-refractivity contribution in [3.8, 4) is 0 Å². The molecule has 0 radical (unpaired) electrons. The molecule has 1 aliphatic heterocycles. The second kappa shape index (κ2) is 3.44. The summed E-state index contributed by atoms with van der Waals surface area (Å²) >= 11 is 0. The lowest BCUT2D eigenvalue weighted by Crippen LogP contribution is -2.36. The van der Waals surface area contributed by atoms with E-state index in [4.69, 9.17) is 10.5 Å². The van der Waals surface area contributed by atoms with Crippen LogP contribution in [0, 0.1) is 0 Å². The van der Waals surface area contributed by atoms with E-state index in [0.29, 0.717) is 6.61 Å². The average molecular weight is 154 g/mol. The fraction of sp³-hybridized carbons (Fsp3) is 0.500. The van der Waals surface area contributed by atoms with E-state index in [0.717, 1.165) is 11.5 Å². The zero-order valence-corrected chi connectivity index (χ0v) is 6.92. The minimum absolute atomic E-state index is 0.0702. The van der Waals surface area contributed by atoms with Crippen LogP contribution in [-0.4, -0.2) is 12.8 Å². The average Bonchev–Trinajstić information content (AvgIpc) is 1.95. The van der Waals surface area contributed by atoms with Gasteiger partial charge in [-0.15, -0.1) is 0 Å². The predicted octanol–water partition coefficient (Wildman–Crippen LogP) is 0.699. The first-order valence-electron chi connectivity index (χ1n) is 3.78. The number of hydrogen-bond donors (Lipinski definition) is 2. The largest absolute Gasteiger partial charge is 0.492 e. The maximum absolute atomic E-state index is 5.60. The third-order valence-electron chi connectivity index (χ3n) is 1.51. The molecule has 0 fully saturated rings. The van der Waals surface area contributed by atoms with E-state index in [-0.39, 0.29) is 6.17 Å². The standard InChI is InChI=1S/C8H14N2O/c1-3-11-7-4-5-8(9)10-6(7)2/h4-5,8,10H,3,9H2,1-2H3. The van der Waals surface area contributed by atoms with Crippen molar-refractivity contribution in [2.45, 2.75) is 20.0 Å². The molecule has 0 aromatic rings. The van der Waals surface area contributed by atoms with Crippen molar-refractivity contribution in [1.82, 2.24) is 5.32 Å². The van der Waals surface area contributed by atoms with E-state index in [1.54, 1.807) is 0 Å². The van der Waals surface area contributed by atoms with Gasteiger partial charge < -0.3 is 15.8 Å². The molecule has 0 saturated carbocycles. The number of hydrogen-bond acceptors (Lipinski definition) is 3. The molecule has 1 unspecified atom stereocenters. The minimum atomic E-state index is -0.0702. The molecule has 3 nitrogen and oxygen atoms in total. The number of nitrogens with two attached hydrogens (primary N) is 1. The van der Waals surface area contributed by atoms with Gasteiger partial charge in [0.05, 0.1) is 18.5 Å². The van der Waals surface area contributed by atoms with Crippen molar-refractivity contribution in [1.29, 1.82) is 0 Å². The Balaban J connectivity index is 2.64. The zero-order chi connectivity index (χ0) is 8.27. The van der Waals surface area contributed by atoms with Crippen molar-refractivity contribution in [3.05, 3.63) is 23.6 Å².